The first kappa shape index (κ1) is 9.21. The van der Waals surface area contributed by atoms with Gasteiger partial charge in [0.2, 0.25) is 0 Å². The van der Waals surface area contributed by atoms with E-state index >= 15 is 0 Å². The lowest BCUT2D eigenvalue weighted by Crippen LogP contribution is -2.01. The molecule has 74 valence electrons. The Bertz CT molecular complexity index is 494. The van der Waals surface area contributed by atoms with E-state index < -0.39 is 0 Å². The second-order valence-corrected chi connectivity index (χ2v) is 3.63. The summed E-state index contributed by atoms with van der Waals surface area (Å²) in [6.45, 7) is 4.64. The quantitative estimate of drug-likeness (QED) is 0.771. The van der Waals surface area contributed by atoms with Crippen LogP contribution in [0.4, 0.5) is 0 Å². The first-order valence-electron chi connectivity index (χ1n) is 4.33. The molecular weight excluding hydrogens is 198 g/mol. The Hall–Kier alpha value is -1.36. The summed E-state index contributed by atoms with van der Waals surface area (Å²) in [7, 11) is 0. The van der Waals surface area contributed by atoms with Crippen LogP contribution in [-0.4, -0.2) is 14.7 Å². The number of aromatic amines is 1. The molecule has 0 fully saturated rings. The van der Waals surface area contributed by atoms with Crippen molar-refractivity contribution < 1.29 is 4.52 Å². The summed E-state index contributed by atoms with van der Waals surface area (Å²) in [6, 6.07) is 0. The standard InChI is InChI=1S/C9H11N3OS/c1-6-3-10-9(14)12(6)4-8-5-13-11-7(8)2/h3,5H,4H2,1-2H3,(H,10,14). The molecule has 0 bridgehead atoms. The zero-order chi connectivity index (χ0) is 10.1. The van der Waals surface area contributed by atoms with Crippen LogP contribution in [0.15, 0.2) is 17.0 Å². The minimum absolute atomic E-state index is 0.712. The normalized spacial score (nSPS) is 10.7. The molecule has 0 saturated heterocycles. The third-order valence-corrected chi connectivity index (χ3v) is 2.59. The molecule has 0 atom stereocenters. The van der Waals surface area contributed by atoms with Crippen LogP contribution in [0.5, 0.6) is 0 Å². The number of hydrogen-bond acceptors (Lipinski definition) is 3. The summed E-state index contributed by atoms with van der Waals surface area (Å²) in [4.78, 5) is 3.00. The van der Waals surface area contributed by atoms with Crippen LogP contribution in [0.1, 0.15) is 17.0 Å². The van der Waals surface area contributed by atoms with Crippen LogP contribution in [0, 0.1) is 18.6 Å². The van der Waals surface area contributed by atoms with Gasteiger partial charge in [0, 0.05) is 17.5 Å². The molecule has 0 spiro atoms. The van der Waals surface area contributed by atoms with Crippen LogP contribution < -0.4 is 0 Å². The summed E-state index contributed by atoms with van der Waals surface area (Å²) in [5.41, 5.74) is 3.08. The molecule has 0 aromatic carbocycles. The largest absolute Gasteiger partial charge is 0.364 e. The summed E-state index contributed by atoms with van der Waals surface area (Å²) >= 11 is 5.15. The van der Waals surface area contributed by atoms with Gasteiger partial charge in [-0.15, -0.1) is 0 Å². The van der Waals surface area contributed by atoms with Gasteiger partial charge in [-0.2, -0.15) is 0 Å². The van der Waals surface area contributed by atoms with Gasteiger partial charge >= 0.3 is 0 Å². The average Bonchev–Trinajstić information content (AvgIpc) is 2.67. The van der Waals surface area contributed by atoms with E-state index in [1.165, 1.54) is 0 Å². The van der Waals surface area contributed by atoms with Crippen molar-refractivity contribution >= 4 is 12.2 Å². The van der Waals surface area contributed by atoms with E-state index in [2.05, 4.69) is 10.1 Å². The fourth-order valence-electron chi connectivity index (χ4n) is 1.31. The molecule has 2 heterocycles. The van der Waals surface area contributed by atoms with Crippen LogP contribution in [-0.2, 0) is 6.54 Å². The predicted molar refractivity (Wildman–Crippen MR) is 54.7 cm³/mol. The number of nitrogens with one attached hydrogen (secondary N) is 1. The lowest BCUT2D eigenvalue weighted by molar-refractivity contribution is 0.414. The highest BCUT2D eigenvalue weighted by Gasteiger charge is 2.05. The van der Waals surface area contributed by atoms with Crippen molar-refractivity contribution in [1.29, 1.82) is 0 Å². The Morgan fingerprint density at radius 3 is 2.86 bits per heavy atom. The highest BCUT2D eigenvalue weighted by Crippen LogP contribution is 2.09. The number of imidazole rings is 1. The second-order valence-electron chi connectivity index (χ2n) is 3.25. The van der Waals surface area contributed by atoms with Crippen molar-refractivity contribution in [3.05, 3.63) is 34.2 Å². The molecule has 0 radical (unpaired) electrons. The SMILES string of the molecule is Cc1nocc1Cn1c(C)c[nH]c1=S. The van der Waals surface area contributed by atoms with E-state index in [0.717, 1.165) is 21.7 Å². The van der Waals surface area contributed by atoms with E-state index in [1.54, 1.807) is 6.26 Å². The van der Waals surface area contributed by atoms with Gasteiger partial charge in [-0.3, -0.25) is 0 Å². The molecular formula is C9H11N3OS. The highest BCUT2D eigenvalue weighted by atomic mass is 32.1. The fraction of sp³-hybridized carbons (Fsp3) is 0.333. The molecule has 0 aliphatic heterocycles. The van der Waals surface area contributed by atoms with E-state index in [9.17, 15) is 0 Å². The number of aryl methyl sites for hydroxylation is 2. The van der Waals surface area contributed by atoms with Crippen molar-refractivity contribution in [3.8, 4) is 0 Å². The van der Waals surface area contributed by atoms with Crippen molar-refractivity contribution in [2.45, 2.75) is 20.4 Å². The zero-order valence-electron chi connectivity index (χ0n) is 8.07. The Morgan fingerprint density at radius 1 is 1.57 bits per heavy atom. The zero-order valence-corrected chi connectivity index (χ0v) is 8.89. The van der Waals surface area contributed by atoms with Gasteiger partial charge in [-0.25, -0.2) is 0 Å². The number of aromatic nitrogens is 3. The van der Waals surface area contributed by atoms with E-state index in [4.69, 9.17) is 16.7 Å². The van der Waals surface area contributed by atoms with Crippen LogP contribution in [0.3, 0.4) is 0 Å². The third-order valence-electron chi connectivity index (χ3n) is 2.25. The smallest absolute Gasteiger partial charge is 0.177 e. The topological polar surface area (TPSA) is 46.8 Å². The van der Waals surface area contributed by atoms with Gasteiger partial charge in [0.15, 0.2) is 4.77 Å². The molecule has 0 aliphatic carbocycles. The number of hydrogen-bond donors (Lipinski definition) is 1. The molecule has 2 rings (SSSR count). The molecule has 2 aromatic heterocycles. The van der Waals surface area contributed by atoms with Gasteiger partial charge < -0.3 is 14.1 Å². The van der Waals surface area contributed by atoms with Crippen molar-refractivity contribution in [2.75, 3.05) is 0 Å². The minimum Gasteiger partial charge on any atom is -0.364 e. The van der Waals surface area contributed by atoms with Crippen LogP contribution in [0.25, 0.3) is 0 Å². The number of rotatable bonds is 2. The van der Waals surface area contributed by atoms with Gasteiger partial charge in [0.1, 0.15) is 6.26 Å². The maximum atomic E-state index is 5.15. The molecule has 4 nitrogen and oxygen atoms in total. The van der Waals surface area contributed by atoms with Gasteiger partial charge in [-0.05, 0) is 26.1 Å². The Morgan fingerprint density at radius 2 is 2.36 bits per heavy atom. The van der Waals surface area contributed by atoms with E-state index in [1.807, 2.05) is 24.6 Å². The minimum atomic E-state index is 0.712. The predicted octanol–water partition coefficient (Wildman–Crippen LogP) is 2.20. The summed E-state index contributed by atoms with van der Waals surface area (Å²) < 4.78 is 7.60. The summed E-state index contributed by atoms with van der Waals surface area (Å²) in [6.07, 6.45) is 3.55. The molecule has 0 unspecified atom stereocenters. The summed E-state index contributed by atoms with van der Waals surface area (Å²) in [5, 5.41) is 3.82. The molecule has 1 N–H and O–H groups in total. The fourth-order valence-corrected chi connectivity index (χ4v) is 1.58. The van der Waals surface area contributed by atoms with Crippen LogP contribution >= 0.6 is 12.2 Å². The van der Waals surface area contributed by atoms with E-state index in [0.29, 0.717) is 6.54 Å². The highest BCUT2D eigenvalue weighted by molar-refractivity contribution is 7.71. The summed E-state index contributed by atoms with van der Waals surface area (Å²) in [5.74, 6) is 0. The second kappa shape index (κ2) is 3.42. The molecule has 0 amide bonds. The van der Waals surface area contributed by atoms with E-state index in [-0.39, 0.29) is 0 Å². The molecule has 14 heavy (non-hydrogen) atoms. The maximum Gasteiger partial charge on any atom is 0.177 e. The molecule has 2 aromatic rings. The lowest BCUT2D eigenvalue weighted by Gasteiger charge is -2.02. The van der Waals surface area contributed by atoms with Gasteiger partial charge in [0.25, 0.3) is 0 Å². The molecule has 0 saturated carbocycles. The lowest BCUT2D eigenvalue weighted by atomic mass is 10.2. The Balaban J connectivity index is 2.36. The first-order valence-corrected chi connectivity index (χ1v) is 4.74. The van der Waals surface area contributed by atoms with Crippen molar-refractivity contribution in [3.63, 3.8) is 0 Å². The number of H-pyrrole nitrogens is 1. The monoisotopic (exact) mass is 209 g/mol. The molecule has 0 aliphatic rings. The number of nitrogens with zero attached hydrogens (tertiary/aromatic N) is 2. The maximum absolute atomic E-state index is 5.15. The van der Waals surface area contributed by atoms with Crippen molar-refractivity contribution in [2.24, 2.45) is 0 Å². The third kappa shape index (κ3) is 1.50. The molecule has 5 heteroatoms. The average molecular weight is 209 g/mol. The van der Waals surface area contributed by atoms with Gasteiger partial charge in [0.05, 0.1) is 12.2 Å². The Labute approximate surface area is 86.5 Å². The van der Waals surface area contributed by atoms with Gasteiger partial charge in [-0.1, -0.05) is 5.16 Å². The Kier molecular flexibility index (Phi) is 2.25. The first-order chi connectivity index (χ1) is 6.68. The van der Waals surface area contributed by atoms with Crippen molar-refractivity contribution in [1.82, 2.24) is 14.7 Å². The van der Waals surface area contributed by atoms with Crippen LogP contribution in [0.2, 0.25) is 0 Å².